The van der Waals surface area contributed by atoms with E-state index in [1.807, 2.05) is 34.6 Å². The van der Waals surface area contributed by atoms with Crippen LogP contribution in [0.5, 0.6) is 0 Å². The summed E-state index contributed by atoms with van der Waals surface area (Å²) in [6.07, 6.45) is 5.92. The van der Waals surface area contributed by atoms with E-state index in [1.165, 1.54) is 11.9 Å². The van der Waals surface area contributed by atoms with Gasteiger partial charge in [0.05, 0.1) is 23.4 Å². The van der Waals surface area contributed by atoms with Crippen LogP contribution in [-0.4, -0.2) is 79.2 Å². The maximum absolute atomic E-state index is 14.2. The van der Waals surface area contributed by atoms with Crippen LogP contribution in [-0.2, 0) is 11.2 Å². The molecule has 0 bridgehead atoms. The summed E-state index contributed by atoms with van der Waals surface area (Å²) >= 11 is 0. The molecule has 1 aromatic carbocycles. The van der Waals surface area contributed by atoms with Crippen molar-refractivity contribution in [3.8, 4) is 0 Å². The largest absolute Gasteiger partial charge is 0.388 e. The predicted molar refractivity (Wildman–Crippen MR) is 130 cm³/mol. The number of nitrogen functional groups attached to an aromatic ring is 1. The molecule has 0 unspecified atom stereocenters. The highest BCUT2D eigenvalue weighted by atomic mass is 16.3. The Hall–Kier alpha value is -3.04. The molecule has 3 N–H and O–H groups in total. The SMILES string of the molecule is CN1CCC(Cc2ccccc2)(C(=O)N2CC[C@@](C)(O)[C@H](n3cnc4c(N)ncnc43)C2)CC1. The molecule has 34 heavy (non-hydrogen) atoms. The lowest BCUT2D eigenvalue weighted by atomic mass is 9.72. The number of rotatable bonds is 4. The van der Waals surface area contributed by atoms with Crippen LogP contribution in [0, 0.1) is 5.41 Å². The molecule has 5 rings (SSSR count). The van der Waals surface area contributed by atoms with E-state index in [-0.39, 0.29) is 11.9 Å². The smallest absolute Gasteiger partial charge is 0.229 e. The number of hydrogen-bond donors (Lipinski definition) is 2. The number of imidazole rings is 1. The van der Waals surface area contributed by atoms with Gasteiger partial charge in [-0.1, -0.05) is 30.3 Å². The van der Waals surface area contributed by atoms with Crippen LogP contribution in [0.1, 0.15) is 37.8 Å². The molecule has 2 aliphatic rings. The molecule has 180 valence electrons. The van der Waals surface area contributed by atoms with Crippen LogP contribution in [0.4, 0.5) is 5.82 Å². The number of amides is 1. The summed E-state index contributed by atoms with van der Waals surface area (Å²) in [5.74, 6) is 0.490. The molecule has 0 spiro atoms. The van der Waals surface area contributed by atoms with Gasteiger partial charge in [-0.05, 0) is 58.3 Å². The molecule has 0 radical (unpaired) electrons. The molecule has 2 aliphatic heterocycles. The van der Waals surface area contributed by atoms with Gasteiger partial charge >= 0.3 is 0 Å². The molecule has 3 aromatic rings. The lowest BCUT2D eigenvalue weighted by Gasteiger charge is -2.48. The standard InChI is InChI=1S/C25H33N7O2/c1-24(34)8-13-31(15-19(24)32-17-29-20-21(26)27-16-28-22(20)32)23(33)25(9-11-30(2)12-10-25)14-18-6-4-3-5-7-18/h3-7,16-17,19,34H,8-15H2,1-2H3,(H2,26,27,28)/t19-,24-/m1/s1. The van der Waals surface area contributed by atoms with Crippen molar-refractivity contribution in [2.45, 2.75) is 44.2 Å². The van der Waals surface area contributed by atoms with Crippen molar-refractivity contribution in [1.82, 2.24) is 29.3 Å². The van der Waals surface area contributed by atoms with E-state index in [2.05, 4.69) is 39.0 Å². The van der Waals surface area contributed by atoms with Gasteiger partial charge in [-0.3, -0.25) is 4.79 Å². The second kappa shape index (κ2) is 8.63. The average molecular weight is 464 g/mol. The topological polar surface area (TPSA) is 113 Å². The van der Waals surface area contributed by atoms with Crippen molar-refractivity contribution in [2.24, 2.45) is 5.41 Å². The van der Waals surface area contributed by atoms with Crippen LogP contribution >= 0.6 is 0 Å². The third kappa shape index (κ3) is 4.03. The van der Waals surface area contributed by atoms with E-state index in [0.717, 1.165) is 32.4 Å². The van der Waals surface area contributed by atoms with Crippen molar-refractivity contribution < 1.29 is 9.90 Å². The first-order valence-electron chi connectivity index (χ1n) is 12.0. The average Bonchev–Trinajstić information content (AvgIpc) is 3.26. The Bertz CT molecular complexity index is 1170. The maximum Gasteiger partial charge on any atom is 0.229 e. The van der Waals surface area contributed by atoms with Crippen LogP contribution in [0.3, 0.4) is 0 Å². The highest BCUT2D eigenvalue weighted by Crippen LogP contribution is 2.40. The van der Waals surface area contributed by atoms with Gasteiger partial charge in [0.2, 0.25) is 5.91 Å². The van der Waals surface area contributed by atoms with Crippen molar-refractivity contribution >= 4 is 22.9 Å². The van der Waals surface area contributed by atoms with E-state index < -0.39 is 11.0 Å². The number of hydrogen-bond acceptors (Lipinski definition) is 7. The van der Waals surface area contributed by atoms with E-state index in [9.17, 15) is 9.90 Å². The fourth-order valence-corrected chi connectivity index (χ4v) is 5.53. The minimum atomic E-state index is -1.01. The van der Waals surface area contributed by atoms with Crippen LogP contribution < -0.4 is 5.73 Å². The number of carbonyl (C=O) groups excluding carboxylic acids is 1. The highest BCUT2D eigenvalue weighted by molar-refractivity contribution is 5.84. The molecule has 2 aromatic heterocycles. The third-order valence-corrected chi connectivity index (χ3v) is 7.79. The first kappa shape index (κ1) is 22.7. The molecule has 9 heteroatoms. The second-order valence-corrected chi connectivity index (χ2v) is 10.2. The van der Waals surface area contributed by atoms with Crippen LogP contribution in [0.2, 0.25) is 0 Å². The predicted octanol–water partition coefficient (Wildman–Crippen LogP) is 1.89. The monoisotopic (exact) mass is 463 g/mol. The Morgan fingerprint density at radius 2 is 1.85 bits per heavy atom. The fourth-order valence-electron chi connectivity index (χ4n) is 5.53. The Morgan fingerprint density at radius 3 is 2.59 bits per heavy atom. The summed E-state index contributed by atoms with van der Waals surface area (Å²) < 4.78 is 1.85. The first-order chi connectivity index (χ1) is 16.3. The van der Waals surface area contributed by atoms with Gasteiger partial charge in [-0.15, -0.1) is 0 Å². The fraction of sp³-hybridized carbons (Fsp3) is 0.520. The van der Waals surface area contributed by atoms with Crippen molar-refractivity contribution in [3.63, 3.8) is 0 Å². The van der Waals surface area contributed by atoms with E-state index in [1.54, 1.807) is 6.33 Å². The molecule has 4 heterocycles. The van der Waals surface area contributed by atoms with Crippen molar-refractivity contribution in [2.75, 3.05) is 39.0 Å². The summed E-state index contributed by atoms with van der Waals surface area (Å²) in [6.45, 7) is 4.54. The number of aromatic nitrogens is 4. The lowest BCUT2D eigenvalue weighted by molar-refractivity contribution is -0.151. The Kier molecular flexibility index (Phi) is 5.77. The van der Waals surface area contributed by atoms with Gasteiger partial charge in [0.15, 0.2) is 11.5 Å². The van der Waals surface area contributed by atoms with E-state index in [4.69, 9.17) is 5.73 Å². The number of nitrogens with zero attached hydrogens (tertiary/aromatic N) is 6. The summed E-state index contributed by atoms with van der Waals surface area (Å²) in [7, 11) is 2.11. The maximum atomic E-state index is 14.2. The number of piperidine rings is 2. The first-order valence-corrected chi connectivity index (χ1v) is 12.0. The summed E-state index contributed by atoms with van der Waals surface area (Å²) in [5, 5.41) is 11.3. The highest BCUT2D eigenvalue weighted by Gasteiger charge is 2.47. The second-order valence-electron chi connectivity index (χ2n) is 10.2. The number of nitrogens with two attached hydrogens (primary N) is 1. The third-order valence-electron chi connectivity index (χ3n) is 7.79. The van der Waals surface area contributed by atoms with Crippen LogP contribution in [0.15, 0.2) is 43.0 Å². The van der Waals surface area contributed by atoms with Gasteiger partial charge < -0.3 is 25.2 Å². The van der Waals surface area contributed by atoms with Crippen LogP contribution in [0.25, 0.3) is 11.2 Å². The molecule has 0 aliphatic carbocycles. The zero-order chi connectivity index (χ0) is 23.9. The zero-order valence-electron chi connectivity index (χ0n) is 19.9. The number of anilines is 1. The van der Waals surface area contributed by atoms with E-state index in [0.29, 0.717) is 36.5 Å². The normalized spacial score (nSPS) is 25.5. The molecule has 9 nitrogen and oxygen atoms in total. The molecule has 0 saturated carbocycles. The van der Waals surface area contributed by atoms with Gasteiger partial charge in [-0.25, -0.2) is 15.0 Å². The van der Waals surface area contributed by atoms with Crippen molar-refractivity contribution in [1.29, 1.82) is 0 Å². The minimum absolute atomic E-state index is 0.184. The minimum Gasteiger partial charge on any atom is -0.388 e. The molecule has 1 amide bonds. The van der Waals surface area contributed by atoms with Gasteiger partial charge in [-0.2, -0.15) is 0 Å². The van der Waals surface area contributed by atoms with Crippen molar-refractivity contribution in [3.05, 3.63) is 48.5 Å². The molecule has 2 atom stereocenters. The number of aliphatic hydroxyl groups is 1. The molecule has 2 fully saturated rings. The Balaban J connectivity index is 1.46. The van der Waals surface area contributed by atoms with Gasteiger partial charge in [0.1, 0.15) is 11.8 Å². The molecular formula is C25H33N7O2. The lowest BCUT2D eigenvalue weighted by Crippen LogP contribution is -2.57. The summed E-state index contributed by atoms with van der Waals surface area (Å²) in [4.78, 5) is 31.2. The number of likely N-dealkylation sites (tertiary alicyclic amines) is 2. The molecule has 2 saturated heterocycles. The van der Waals surface area contributed by atoms with E-state index >= 15 is 0 Å². The van der Waals surface area contributed by atoms with Gasteiger partial charge in [0.25, 0.3) is 0 Å². The molecular weight excluding hydrogens is 430 g/mol. The number of benzene rings is 1. The zero-order valence-corrected chi connectivity index (χ0v) is 19.9. The summed E-state index contributed by atoms with van der Waals surface area (Å²) in [5.41, 5.74) is 6.81. The summed E-state index contributed by atoms with van der Waals surface area (Å²) in [6, 6.07) is 9.92. The quantitative estimate of drug-likeness (QED) is 0.607. The number of fused-ring (bicyclic) bond motifs is 1. The Morgan fingerprint density at radius 1 is 1.12 bits per heavy atom. The number of carbonyl (C=O) groups is 1. The Labute approximate surface area is 199 Å². The van der Waals surface area contributed by atoms with Gasteiger partial charge in [0, 0.05) is 13.1 Å².